The van der Waals surface area contributed by atoms with Crippen LogP contribution in [0.1, 0.15) is 6.92 Å². The largest absolute Gasteiger partial charge is 0.394 e. The van der Waals surface area contributed by atoms with Gasteiger partial charge in [-0.1, -0.05) is 6.58 Å². The van der Waals surface area contributed by atoms with Crippen LogP contribution < -0.4 is 0 Å². The average molecular weight is 431 g/mol. The molecular weight excluding hydrogens is 380 g/mol. The average Bonchev–Trinajstić information content (AvgIpc) is 2.90. The third-order valence-electron chi connectivity index (χ3n) is 0.607. The van der Waals surface area contributed by atoms with Crippen molar-refractivity contribution in [2.45, 2.75) is 6.92 Å². The summed E-state index contributed by atoms with van der Waals surface area (Å²) in [5.74, 6) is -0.535. The second-order valence-electron chi connectivity index (χ2n) is 1.77. The summed E-state index contributed by atoms with van der Waals surface area (Å²) in [5, 5.41) is 15.2. The van der Waals surface area contributed by atoms with E-state index in [1.807, 2.05) is 0 Å². The maximum absolute atomic E-state index is 10.3. The van der Waals surface area contributed by atoms with Crippen molar-refractivity contribution in [3.63, 3.8) is 0 Å². The van der Waals surface area contributed by atoms with Gasteiger partial charge in [-0.3, -0.25) is 4.89 Å². The van der Waals surface area contributed by atoms with Crippen LogP contribution in [0.15, 0.2) is 131 Å². The first-order valence-corrected chi connectivity index (χ1v) is 7.72. The molecule has 0 unspecified atom stereocenters. The summed E-state index contributed by atoms with van der Waals surface area (Å²) in [5.41, 5.74) is 0.326. The van der Waals surface area contributed by atoms with E-state index < -0.39 is 5.97 Å². The minimum absolute atomic E-state index is 0.125. The highest BCUT2D eigenvalue weighted by Gasteiger charge is 2.00. The summed E-state index contributed by atoms with van der Waals surface area (Å²) in [7, 11) is 1.26. The van der Waals surface area contributed by atoms with Crippen LogP contribution in [-0.4, -0.2) is 36.5 Å². The SMILES string of the molecule is C=C.C=C.C=C.C=C.C=C.C=C.C=C.C=C.C=C.C=C(C)C(=O)OOC.OCCO. The summed E-state index contributed by atoms with van der Waals surface area (Å²) >= 11 is 0. The molecule has 2 N–H and O–H groups in total. The fourth-order valence-corrected chi connectivity index (χ4v) is 0.147. The summed E-state index contributed by atoms with van der Waals surface area (Å²) < 4.78 is 0. The number of aliphatic hydroxyl groups is 2. The van der Waals surface area contributed by atoms with Crippen molar-refractivity contribution in [2.75, 3.05) is 20.3 Å². The van der Waals surface area contributed by atoms with Gasteiger partial charge in [0.2, 0.25) is 0 Å². The van der Waals surface area contributed by atoms with Crippen LogP contribution in [0.5, 0.6) is 0 Å². The first-order chi connectivity index (χ1) is 14.6. The predicted octanol–water partition coefficient (Wildman–Crippen LogP) is 6.86. The molecule has 0 heterocycles. The second-order valence-corrected chi connectivity index (χ2v) is 1.77. The molecule has 0 saturated heterocycles. The van der Waals surface area contributed by atoms with Crippen molar-refractivity contribution < 1.29 is 24.8 Å². The van der Waals surface area contributed by atoms with E-state index in [1.165, 1.54) is 7.11 Å². The van der Waals surface area contributed by atoms with Gasteiger partial charge < -0.3 is 10.2 Å². The molecule has 0 aromatic heterocycles. The lowest BCUT2D eigenvalue weighted by Gasteiger charge is -1.94. The van der Waals surface area contributed by atoms with Crippen LogP contribution in [0.2, 0.25) is 0 Å². The zero-order chi connectivity index (χ0) is 28.0. The monoisotopic (exact) mass is 430 g/mol. The van der Waals surface area contributed by atoms with Crippen molar-refractivity contribution in [1.29, 1.82) is 0 Å². The molecule has 0 saturated carbocycles. The summed E-state index contributed by atoms with van der Waals surface area (Å²) in [4.78, 5) is 18.4. The molecule has 0 fully saturated rings. The minimum Gasteiger partial charge on any atom is -0.394 e. The van der Waals surface area contributed by atoms with Gasteiger partial charge in [0.15, 0.2) is 0 Å². The molecule has 0 rings (SSSR count). The minimum atomic E-state index is -0.535. The Balaban J connectivity index is -0.0000000159. The molecule has 0 aromatic carbocycles. The van der Waals surface area contributed by atoms with Gasteiger partial charge >= 0.3 is 5.97 Å². The van der Waals surface area contributed by atoms with Crippen LogP contribution in [0, 0.1) is 0 Å². The summed E-state index contributed by atoms with van der Waals surface area (Å²) in [6.07, 6.45) is 0. The third-order valence-corrected chi connectivity index (χ3v) is 0.607. The lowest BCUT2D eigenvalue weighted by atomic mass is 10.4. The first kappa shape index (κ1) is 71.5. The Morgan fingerprint density at radius 2 is 0.767 bits per heavy atom. The maximum Gasteiger partial charge on any atom is 0.368 e. The van der Waals surface area contributed by atoms with Gasteiger partial charge in [-0.15, -0.1) is 118 Å². The molecule has 0 radical (unpaired) electrons. The highest BCUT2D eigenvalue weighted by atomic mass is 17.2. The molecule has 5 heteroatoms. The highest BCUT2D eigenvalue weighted by Crippen LogP contribution is 1.89. The molecule has 30 heavy (non-hydrogen) atoms. The van der Waals surface area contributed by atoms with Gasteiger partial charge in [0.1, 0.15) is 0 Å². The fraction of sp³-hybridized carbons (Fsp3) is 0.160. The summed E-state index contributed by atoms with van der Waals surface area (Å²) in [6.45, 7) is 58.6. The molecule has 0 spiro atoms. The molecule has 0 bridgehead atoms. The number of hydrogen-bond donors (Lipinski definition) is 2. The van der Waals surface area contributed by atoms with E-state index >= 15 is 0 Å². The van der Waals surface area contributed by atoms with E-state index in [2.05, 4.69) is 135 Å². The van der Waals surface area contributed by atoms with E-state index in [4.69, 9.17) is 10.2 Å². The number of carbonyl (C=O) groups is 1. The quantitative estimate of drug-likeness (QED) is 0.221. The van der Waals surface area contributed by atoms with Crippen molar-refractivity contribution >= 4 is 5.97 Å². The number of carbonyl (C=O) groups excluding carboxylic acids is 1. The van der Waals surface area contributed by atoms with Crippen molar-refractivity contribution in [1.82, 2.24) is 0 Å². The molecular formula is C25H50O5. The molecule has 0 aliphatic carbocycles. The van der Waals surface area contributed by atoms with E-state index in [0.29, 0.717) is 5.57 Å². The molecule has 0 aliphatic heterocycles. The zero-order valence-corrected chi connectivity index (χ0v) is 20.0. The maximum atomic E-state index is 10.3. The molecule has 0 aromatic rings. The zero-order valence-electron chi connectivity index (χ0n) is 20.0. The molecule has 180 valence electrons. The lowest BCUT2D eigenvalue weighted by Crippen LogP contribution is -2.02. The van der Waals surface area contributed by atoms with E-state index in [0.717, 1.165) is 0 Å². The van der Waals surface area contributed by atoms with Crippen molar-refractivity contribution in [3.05, 3.63) is 131 Å². The van der Waals surface area contributed by atoms with Crippen molar-refractivity contribution in [3.8, 4) is 0 Å². The van der Waals surface area contributed by atoms with E-state index in [1.54, 1.807) is 6.92 Å². The lowest BCUT2D eigenvalue weighted by molar-refractivity contribution is -0.250. The smallest absolute Gasteiger partial charge is 0.368 e. The Bertz CT molecular complexity index is 213. The Morgan fingerprint density at radius 3 is 0.800 bits per heavy atom. The number of hydrogen-bond acceptors (Lipinski definition) is 5. The Morgan fingerprint density at radius 1 is 0.600 bits per heavy atom. The van der Waals surface area contributed by atoms with Gasteiger partial charge in [-0.25, -0.2) is 4.79 Å². The molecule has 5 nitrogen and oxygen atoms in total. The molecule has 0 amide bonds. The van der Waals surface area contributed by atoms with Crippen LogP contribution in [0.4, 0.5) is 0 Å². The van der Waals surface area contributed by atoms with Gasteiger partial charge in [0.25, 0.3) is 0 Å². The normalized spacial score (nSPS) is 4.40. The van der Waals surface area contributed by atoms with Gasteiger partial charge in [0, 0.05) is 5.57 Å². The Kier molecular flexibility index (Phi) is 825. The van der Waals surface area contributed by atoms with Crippen LogP contribution in [-0.2, 0) is 14.6 Å². The van der Waals surface area contributed by atoms with Gasteiger partial charge in [-0.2, -0.15) is 4.89 Å². The fourth-order valence-electron chi connectivity index (χ4n) is 0.147. The van der Waals surface area contributed by atoms with Crippen LogP contribution >= 0.6 is 0 Å². The first-order valence-electron chi connectivity index (χ1n) is 7.72. The Hall–Kier alpha value is -3.25. The summed E-state index contributed by atoms with van der Waals surface area (Å²) in [6, 6.07) is 0. The molecule has 0 aliphatic rings. The van der Waals surface area contributed by atoms with Gasteiger partial charge in [-0.05, 0) is 6.92 Å². The molecule has 0 atom stereocenters. The van der Waals surface area contributed by atoms with E-state index in [9.17, 15) is 4.79 Å². The van der Waals surface area contributed by atoms with E-state index in [-0.39, 0.29) is 13.2 Å². The predicted molar refractivity (Wildman–Crippen MR) is 143 cm³/mol. The van der Waals surface area contributed by atoms with Crippen LogP contribution in [0.25, 0.3) is 0 Å². The van der Waals surface area contributed by atoms with Crippen LogP contribution in [0.3, 0.4) is 0 Å². The Labute approximate surface area is 189 Å². The second kappa shape index (κ2) is 346. The third kappa shape index (κ3) is 619. The van der Waals surface area contributed by atoms with Crippen molar-refractivity contribution in [2.24, 2.45) is 0 Å². The number of rotatable bonds is 3. The number of aliphatic hydroxyl groups excluding tert-OH is 2. The highest BCUT2D eigenvalue weighted by molar-refractivity contribution is 5.86. The standard InChI is InChI=1S/C5H8O3.C2H6O2.9C2H4/c1-4(2)5(6)8-7-3;3-1-2-4;9*1-2/h1H2,2-3H3;3-4H,1-2H2;9*1-2H2. The topological polar surface area (TPSA) is 76.0 Å². The van der Waals surface area contributed by atoms with Gasteiger partial charge in [0.05, 0.1) is 20.3 Å².